The first-order valence-electron chi connectivity index (χ1n) is 16.7. The lowest BCUT2D eigenvalue weighted by Crippen LogP contribution is -2.49. The van der Waals surface area contributed by atoms with Gasteiger partial charge in [-0.25, -0.2) is 28.4 Å². The molecule has 5 heterocycles. The molecular weight excluding hydrogens is 723 g/mol. The van der Waals surface area contributed by atoms with Crippen LogP contribution in [0.4, 0.5) is 5.82 Å². The summed E-state index contributed by atoms with van der Waals surface area (Å²) in [5, 5.41) is 16.9. The number of anilines is 1. The molecule has 2 amide bonds. The van der Waals surface area contributed by atoms with Crippen molar-refractivity contribution in [3.8, 4) is 22.0 Å². The Morgan fingerprint density at radius 1 is 0.962 bits per heavy atom. The third kappa shape index (κ3) is 4.40. The van der Waals surface area contributed by atoms with E-state index in [1.165, 1.54) is 26.4 Å². The van der Waals surface area contributed by atoms with E-state index in [-0.39, 0.29) is 23.7 Å². The number of nitrogens with zero attached hydrogens (tertiary/aromatic N) is 6. The Morgan fingerprint density at radius 2 is 1.73 bits per heavy atom. The number of carbonyl (C=O) groups is 2. The van der Waals surface area contributed by atoms with Gasteiger partial charge in [-0.1, -0.05) is 53.5 Å². The molecular formula is C38H30Cl2N6O5S. The van der Waals surface area contributed by atoms with Crippen LogP contribution in [0.15, 0.2) is 94.0 Å². The van der Waals surface area contributed by atoms with Crippen LogP contribution in [-0.2, 0) is 23.2 Å². The molecule has 11 nitrogen and oxygen atoms in total. The zero-order valence-electron chi connectivity index (χ0n) is 28.1. The number of rotatable bonds is 4. The molecule has 14 heteroatoms. The number of benzene rings is 3. The number of halogens is 2. The molecule has 3 aromatic heterocycles. The number of para-hydroxylation sites is 1. The van der Waals surface area contributed by atoms with Crippen molar-refractivity contribution in [2.75, 3.05) is 4.90 Å². The van der Waals surface area contributed by atoms with Gasteiger partial charge in [-0.15, -0.1) is 11.3 Å². The molecule has 2 fully saturated rings. The molecule has 4 atom stereocenters. The quantitative estimate of drug-likeness (QED) is 0.160. The van der Waals surface area contributed by atoms with Crippen LogP contribution in [0.2, 0.25) is 10.0 Å². The Bertz CT molecular complexity index is 2690. The fourth-order valence-electron chi connectivity index (χ4n) is 8.60. The molecule has 3 aromatic carbocycles. The topological polar surface area (TPSA) is 124 Å². The lowest BCUT2D eigenvalue weighted by atomic mass is 9.56. The summed E-state index contributed by atoms with van der Waals surface area (Å²) in [6, 6.07) is 20.0. The van der Waals surface area contributed by atoms with E-state index in [4.69, 9.17) is 28.3 Å². The average molecular weight is 754 g/mol. The van der Waals surface area contributed by atoms with Crippen molar-refractivity contribution in [1.29, 1.82) is 0 Å². The van der Waals surface area contributed by atoms with E-state index in [1.54, 1.807) is 72.5 Å². The maximum Gasteiger partial charge on any atom is 0.352 e. The Labute approximate surface area is 310 Å². The Morgan fingerprint density at radius 3 is 2.48 bits per heavy atom. The van der Waals surface area contributed by atoms with Gasteiger partial charge in [0.1, 0.15) is 17.3 Å². The van der Waals surface area contributed by atoms with Gasteiger partial charge < -0.3 is 5.11 Å². The van der Waals surface area contributed by atoms with E-state index in [0.29, 0.717) is 33.4 Å². The maximum absolute atomic E-state index is 15.0. The van der Waals surface area contributed by atoms with Crippen LogP contribution in [0.25, 0.3) is 26.3 Å². The standard InChI is InChI=1S/C38H30Cl2N6O5S/c1-19-25-15-20(39)9-12-30(25)52-33(19)28-18-31(42(3)41-28)45-34(48)26-17-29-24(32(38(26,2)35(45)49)23-11-10-22(47)16-27(23)40)13-14-43-36(50)44(37(51)46(29)43)21-7-5-4-6-8-21/h4-13,15-16,18,26,29,32,47H,14,17H2,1-3H3/t26-,29+,32-,38+/m0/s1. The van der Waals surface area contributed by atoms with Crippen molar-refractivity contribution in [3.05, 3.63) is 127 Å². The summed E-state index contributed by atoms with van der Waals surface area (Å²) in [5.41, 5.74) is 0.864. The number of thiophene rings is 1. The molecule has 0 bridgehead atoms. The normalized spacial score (nSPS) is 22.4. The molecule has 1 saturated carbocycles. The van der Waals surface area contributed by atoms with Gasteiger partial charge in [0.15, 0.2) is 0 Å². The Hall–Kier alpha value is -5.17. The third-order valence-electron chi connectivity index (χ3n) is 11.1. The maximum atomic E-state index is 15.0. The number of aryl methyl sites for hydroxylation is 2. The molecule has 52 heavy (non-hydrogen) atoms. The summed E-state index contributed by atoms with van der Waals surface area (Å²) in [4.78, 5) is 59.8. The predicted octanol–water partition coefficient (Wildman–Crippen LogP) is 6.60. The number of carbonyl (C=O) groups excluding carboxylic acids is 2. The van der Waals surface area contributed by atoms with Crippen molar-refractivity contribution < 1.29 is 14.7 Å². The molecule has 9 rings (SSSR count). The fourth-order valence-corrected chi connectivity index (χ4v) is 10.2. The highest BCUT2D eigenvalue weighted by Gasteiger charge is 2.66. The Kier molecular flexibility index (Phi) is 7.18. The van der Waals surface area contributed by atoms with Crippen LogP contribution in [0.3, 0.4) is 0 Å². The molecule has 0 radical (unpaired) electrons. The number of allylic oxidation sites excluding steroid dienone is 2. The molecule has 1 N–H and O–H groups in total. The van der Waals surface area contributed by atoms with Crippen LogP contribution >= 0.6 is 34.5 Å². The smallest absolute Gasteiger partial charge is 0.352 e. The SMILES string of the molecule is Cc1c(-c2cc(N3C(=O)[C@@H]4C[C@@H]5C(=CCn6c(=O)n(-c7ccccc7)c(=O)n65)[C@H](c5ccc(O)cc5Cl)[C@]4(C)C3=O)n(C)n2)sc2ccc(Cl)cc12. The summed E-state index contributed by atoms with van der Waals surface area (Å²) in [6.07, 6.45) is 1.96. The average Bonchev–Trinajstić information content (AvgIpc) is 3.79. The number of amides is 2. The molecule has 1 saturated heterocycles. The molecule has 0 spiro atoms. The van der Waals surface area contributed by atoms with Gasteiger partial charge in [-0.3, -0.25) is 14.3 Å². The number of hydrogen-bond acceptors (Lipinski definition) is 7. The van der Waals surface area contributed by atoms with Crippen LogP contribution in [-0.4, -0.2) is 40.6 Å². The van der Waals surface area contributed by atoms with Crippen LogP contribution in [0, 0.1) is 18.3 Å². The minimum absolute atomic E-state index is 0.0536. The largest absolute Gasteiger partial charge is 0.508 e. The van der Waals surface area contributed by atoms with Crippen molar-refractivity contribution >= 4 is 62.3 Å². The van der Waals surface area contributed by atoms with Gasteiger partial charge in [-0.2, -0.15) is 5.10 Å². The van der Waals surface area contributed by atoms with Gasteiger partial charge in [-0.05, 0) is 84.8 Å². The van der Waals surface area contributed by atoms with E-state index in [9.17, 15) is 19.5 Å². The molecule has 3 aliphatic rings. The summed E-state index contributed by atoms with van der Waals surface area (Å²) >= 11 is 14.7. The first-order chi connectivity index (χ1) is 24.9. The number of aromatic hydroxyl groups is 1. The molecule has 262 valence electrons. The van der Waals surface area contributed by atoms with Crippen LogP contribution < -0.4 is 16.3 Å². The second kappa shape index (κ2) is 11.4. The van der Waals surface area contributed by atoms with Crippen molar-refractivity contribution in [1.82, 2.24) is 23.7 Å². The van der Waals surface area contributed by atoms with E-state index in [2.05, 4.69) is 0 Å². The molecule has 1 aliphatic carbocycles. The van der Waals surface area contributed by atoms with Crippen molar-refractivity contribution in [3.63, 3.8) is 0 Å². The van der Waals surface area contributed by atoms with Crippen LogP contribution in [0.1, 0.15) is 36.4 Å². The number of hydrogen-bond donors (Lipinski definition) is 1. The summed E-state index contributed by atoms with van der Waals surface area (Å²) in [5.74, 6) is -2.28. The highest BCUT2D eigenvalue weighted by atomic mass is 35.5. The summed E-state index contributed by atoms with van der Waals surface area (Å²) in [6.45, 7) is 3.84. The molecule has 6 aromatic rings. The molecule has 0 unspecified atom stereocenters. The number of imide groups is 1. The number of phenols is 1. The second-order valence-corrected chi connectivity index (χ2v) is 15.7. The second-order valence-electron chi connectivity index (χ2n) is 13.8. The fraction of sp³-hybridized carbons (Fsp3) is 0.237. The number of aromatic nitrogens is 5. The van der Waals surface area contributed by atoms with Gasteiger partial charge in [0.05, 0.1) is 34.5 Å². The predicted molar refractivity (Wildman–Crippen MR) is 200 cm³/mol. The number of phenolic OH excluding ortho intramolecular Hbond substituents is 1. The third-order valence-corrected chi connectivity index (χ3v) is 12.9. The lowest BCUT2D eigenvalue weighted by molar-refractivity contribution is -0.129. The zero-order valence-corrected chi connectivity index (χ0v) is 30.4. The first-order valence-corrected chi connectivity index (χ1v) is 18.3. The van der Waals surface area contributed by atoms with Gasteiger partial charge in [0.25, 0.3) is 0 Å². The summed E-state index contributed by atoms with van der Waals surface area (Å²) in [7, 11) is 1.70. The Balaban J connectivity index is 1.20. The van der Waals surface area contributed by atoms with Crippen LogP contribution in [0.5, 0.6) is 5.75 Å². The highest BCUT2D eigenvalue weighted by Crippen LogP contribution is 2.62. The minimum atomic E-state index is -1.34. The minimum Gasteiger partial charge on any atom is -0.508 e. The van der Waals surface area contributed by atoms with E-state index >= 15 is 4.79 Å². The van der Waals surface area contributed by atoms with Crippen molar-refractivity contribution in [2.24, 2.45) is 18.4 Å². The lowest BCUT2D eigenvalue weighted by Gasteiger charge is -2.47. The van der Waals surface area contributed by atoms with Gasteiger partial charge in [0.2, 0.25) is 11.8 Å². The number of fused-ring (bicyclic) bond motifs is 5. The van der Waals surface area contributed by atoms with Gasteiger partial charge in [0, 0.05) is 33.8 Å². The van der Waals surface area contributed by atoms with E-state index < -0.39 is 46.5 Å². The van der Waals surface area contributed by atoms with Gasteiger partial charge >= 0.3 is 11.4 Å². The zero-order chi connectivity index (χ0) is 36.4. The monoisotopic (exact) mass is 752 g/mol. The van der Waals surface area contributed by atoms with E-state index in [1.807, 2.05) is 31.2 Å². The first kappa shape index (κ1) is 32.7. The van der Waals surface area contributed by atoms with Crippen molar-refractivity contribution in [2.45, 2.75) is 38.8 Å². The molecule has 2 aliphatic heterocycles. The van der Waals surface area contributed by atoms with E-state index in [0.717, 1.165) is 25.1 Å². The highest BCUT2D eigenvalue weighted by molar-refractivity contribution is 7.22. The summed E-state index contributed by atoms with van der Waals surface area (Å²) < 4.78 is 6.51.